The maximum Gasteiger partial charge on any atom is 0.417 e. The molecule has 1 aliphatic rings. The number of carbonyl (C=O) groups is 2. The Morgan fingerprint density at radius 3 is 2.42 bits per heavy atom. The van der Waals surface area contributed by atoms with E-state index in [1.54, 1.807) is 20.8 Å². The van der Waals surface area contributed by atoms with E-state index in [2.05, 4.69) is 0 Å². The number of amides is 2. The number of ether oxygens (including phenoxy) is 1. The number of rotatable bonds is 2. The Balaban J connectivity index is 2.25. The van der Waals surface area contributed by atoms with Crippen LogP contribution in [0.25, 0.3) is 0 Å². The minimum absolute atomic E-state index is 0.265. The summed E-state index contributed by atoms with van der Waals surface area (Å²) in [6.45, 7) is 6.03. The number of benzene rings is 1. The zero-order chi connectivity index (χ0) is 19.7. The van der Waals surface area contributed by atoms with Gasteiger partial charge in [0.25, 0.3) is 0 Å². The van der Waals surface area contributed by atoms with Crippen LogP contribution < -0.4 is 5.73 Å². The third-order valence-electron chi connectivity index (χ3n) is 4.16. The van der Waals surface area contributed by atoms with Gasteiger partial charge in [-0.25, -0.2) is 4.79 Å². The molecular formula is C18H23F3N2O3. The van der Waals surface area contributed by atoms with Crippen LogP contribution in [0.15, 0.2) is 18.2 Å². The number of primary amides is 1. The van der Waals surface area contributed by atoms with Crippen molar-refractivity contribution in [2.24, 2.45) is 5.73 Å². The Morgan fingerprint density at radius 2 is 1.88 bits per heavy atom. The Kier molecular flexibility index (Phi) is 5.53. The molecule has 0 radical (unpaired) electrons. The fourth-order valence-corrected chi connectivity index (χ4v) is 3.01. The van der Waals surface area contributed by atoms with Crippen LogP contribution in [0.4, 0.5) is 18.0 Å². The number of hydrogen-bond donors (Lipinski definition) is 1. The van der Waals surface area contributed by atoms with Gasteiger partial charge in [-0.3, -0.25) is 4.79 Å². The first-order chi connectivity index (χ1) is 11.9. The van der Waals surface area contributed by atoms with Crippen molar-refractivity contribution in [1.82, 2.24) is 4.90 Å². The van der Waals surface area contributed by atoms with Gasteiger partial charge in [-0.05, 0) is 51.3 Å². The van der Waals surface area contributed by atoms with E-state index < -0.39 is 34.9 Å². The Morgan fingerprint density at radius 1 is 1.23 bits per heavy atom. The predicted octanol–water partition coefficient (Wildman–Crippen LogP) is 3.92. The molecule has 2 N–H and O–H groups in total. The second-order valence-corrected chi connectivity index (χ2v) is 7.43. The first-order valence-corrected chi connectivity index (χ1v) is 8.37. The van der Waals surface area contributed by atoms with Crippen molar-refractivity contribution in [2.45, 2.75) is 51.3 Å². The third kappa shape index (κ3) is 4.89. The number of halogens is 3. The van der Waals surface area contributed by atoms with Gasteiger partial charge in [0.05, 0.1) is 11.1 Å². The number of nitrogens with zero attached hydrogens (tertiary/aromatic N) is 1. The number of nitrogens with two attached hydrogens (primary N) is 1. The van der Waals surface area contributed by atoms with Crippen molar-refractivity contribution in [3.8, 4) is 0 Å². The maximum atomic E-state index is 13.3. The number of carbonyl (C=O) groups excluding carboxylic acids is 2. The molecular weight excluding hydrogens is 349 g/mol. The zero-order valence-electron chi connectivity index (χ0n) is 15.0. The molecule has 0 bridgehead atoms. The smallest absolute Gasteiger partial charge is 0.417 e. The summed E-state index contributed by atoms with van der Waals surface area (Å²) < 4.78 is 45.1. The van der Waals surface area contributed by atoms with Gasteiger partial charge < -0.3 is 15.4 Å². The van der Waals surface area contributed by atoms with Gasteiger partial charge in [-0.2, -0.15) is 13.2 Å². The second-order valence-electron chi connectivity index (χ2n) is 7.43. The van der Waals surface area contributed by atoms with Gasteiger partial charge in [-0.15, -0.1) is 0 Å². The van der Waals surface area contributed by atoms with Gasteiger partial charge in [0.15, 0.2) is 0 Å². The quantitative estimate of drug-likeness (QED) is 0.855. The lowest BCUT2D eigenvalue weighted by Gasteiger charge is -2.34. The monoisotopic (exact) mass is 372 g/mol. The molecule has 1 unspecified atom stereocenters. The molecule has 1 saturated heterocycles. The van der Waals surface area contributed by atoms with E-state index >= 15 is 0 Å². The van der Waals surface area contributed by atoms with E-state index in [9.17, 15) is 22.8 Å². The molecule has 1 atom stereocenters. The van der Waals surface area contributed by atoms with Crippen LogP contribution >= 0.6 is 0 Å². The molecule has 26 heavy (non-hydrogen) atoms. The molecule has 1 aliphatic heterocycles. The lowest BCUT2D eigenvalue weighted by Crippen LogP contribution is -2.42. The third-order valence-corrected chi connectivity index (χ3v) is 4.16. The highest BCUT2D eigenvalue weighted by molar-refractivity contribution is 5.94. The molecule has 0 saturated carbocycles. The lowest BCUT2D eigenvalue weighted by atomic mass is 9.88. The van der Waals surface area contributed by atoms with Crippen molar-refractivity contribution >= 4 is 12.0 Å². The van der Waals surface area contributed by atoms with Crippen LogP contribution in [-0.4, -0.2) is 35.6 Å². The highest BCUT2D eigenvalue weighted by atomic mass is 19.4. The predicted molar refractivity (Wildman–Crippen MR) is 89.7 cm³/mol. The van der Waals surface area contributed by atoms with Crippen molar-refractivity contribution in [2.75, 3.05) is 13.1 Å². The number of likely N-dealkylation sites (tertiary alicyclic amines) is 1. The highest BCUT2D eigenvalue weighted by Crippen LogP contribution is 2.36. The van der Waals surface area contributed by atoms with Gasteiger partial charge in [-0.1, -0.05) is 6.07 Å². The first kappa shape index (κ1) is 20.1. The lowest BCUT2D eigenvalue weighted by molar-refractivity contribution is -0.138. The molecule has 5 nitrogen and oxygen atoms in total. The molecule has 1 aromatic carbocycles. The van der Waals surface area contributed by atoms with Crippen molar-refractivity contribution in [1.29, 1.82) is 0 Å². The molecule has 1 aromatic rings. The number of alkyl halides is 3. The Hall–Kier alpha value is -2.25. The molecule has 0 aliphatic carbocycles. The molecule has 0 aromatic heterocycles. The summed E-state index contributed by atoms with van der Waals surface area (Å²) in [6.07, 6.45) is -3.86. The molecule has 0 spiro atoms. The number of piperidine rings is 1. The van der Waals surface area contributed by atoms with E-state index in [1.807, 2.05) is 0 Å². The molecule has 144 valence electrons. The normalized spacial score (nSPS) is 18.5. The zero-order valence-corrected chi connectivity index (χ0v) is 15.0. The Labute approximate surface area is 150 Å². The van der Waals surface area contributed by atoms with Crippen LogP contribution in [0.2, 0.25) is 0 Å². The summed E-state index contributed by atoms with van der Waals surface area (Å²) >= 11 is 0. The van der Waals surface area contributed by atoms with E-state index in [0.29, 0.717) is 24.9 Å². The van der Waals surface area contributed by atoms with Gasteiger partial charge in [0.2, 0.25) is 5.91 Å². The van der Waals surface area contributed by atoms with Crippen LogP contribution in [0.5, 0.6) is 0 Å². The summed E-state index contributed by atoms with van der Waals surface area (Å²) in [5, 5.41) is 0. The number of hydrogen-bond acceptors (Lipinski definition) is 3. The largest absolute Gasteiger partial charge is 0.444 e. The standard InChI is InChI=1S/C18H23F3N2O3/c1-17(2,3)26-16(25)23-8-4-5-12(10-23)11-6-7-13(15(22)24)14(9-11)18(19,20)21/h6-7,9,12H,4-5,8,10H2,1-3H3,(H2,22,24). The van der Waals surface area contributed by atoms with Gasteiger partial charge in [0, 0.05) is 19.0 Å². The minimum Gasteiger partial charge on any atom is -0.444 e. The summed E-state index contributed by atoms with van der Waals surface area (Å²) in [5.41, 5.74) is 3.24. The second kappa shape index (κ2) is 7.17. The highest BCUT2D eigenvalue weighted by Gasteiger charge is 2.36. The van der Waals surface area contributed by atoms with Crippen LogP contribution in [0.1, 0.15) is 61.0 Å². The SMILES string of the molecule is CC(C)(C)OC(=O)N1CCCC(c2ccc(C(N)=O)c(C(F)(F)F)c2)C1. The molecule has 1 fully saturated rings. The molecule has 2 rings (SSSR count). The van der Waals surface area contributed by atoms with Crippen LogP contribution in [0, 0.1) is 0 Å². The molecule has 8 heteroatoms. The van der Waals surface area contributed by atoms with E-state index in [1.165, 1.54) is 11.0 Å². The van der Waals surface area contributed by atoms with Gasteiger partial charge in [0.1, 0.15) is 5.60 Å². The summed E-state index contributed by atoms with van der Waals surface area (Å²) in [5.74, 6) is -1.39. The van der Waals surface area contributed by atoms with Crippen molar-refractivity contribution in [3.63, 3.8) is 0 Å². The van der Waals surface area contributed by atoms with E-state index in [0.717, 1.165) is 12.1 Å². The van der Waals surface area contributed by atoms with E-state index in [4.69, 9.17) is 10.5 Å². The minimum atomic E-state index is -4.68. The van der Waals surface area contributed by atoms with Gasteiger partial charge >= 0.3 is 12.3 Å². The summed E-state index contributed by atoms with van der Waals surface area (Å²) in [7, 11) is 0. The molecule has 2 amide bonds. The maximum absolute atomic E-state index is 13.3. The Bertz CT molecular complexity index is 696. The summed E-state index contributed by atoms with van der Waals surface area (Å²) in [4.78, 5) is 25.0. The fraction of sp³-hybridized carbons (Fsp3) is 0.556. The van der Waals surface area contributed by atoms with Crippen molar-refractivity contribution in [3.05, 3.63) is 34.9 Å². The van der Waals surface area contributed by atoms with Crippen LogP contribution in [0.3, 0.4) is 0 Å². The van der Waals surface area contributed by atoms with Crippen LogP contribution in [-0.2, 0) is 10.9 Å². The topological polar surface area (TPSA) is 72.6 Å². The first-order valence-electron chi connectivity index (χ1n) is 8.37. The molecule has 1 heterocycles. The average molecular weight is 372 g/mol. The fourth-order valence-electron chi connectivity index (χ4n) is 3.01. The van der Waals surface area contributed by atoms with Crippen molar-refractivity contribution < 1.29 is 27.5 Å². The van der Waals surface area contributed by atoms with E-state index in [-0.39, 0.29) is 12.5 Å². The average Bonchev–Trinajstić information content (AvgIpc) is 2.52. The summed E-state index contributed by atoms with van der Waals surface area (Å²) in [6, 6.07) is 3.54.